The summed E-state index contributed by atoms with van der Waals surface area (Å²) in [6.07, 6.45) is 9.89. The predicted molar refractivity (Wildman–Crippen MR) is 143 cm³/mol. The van der Waals surface area contributed by atoms with Crippen molar-refractivity contribution in [1.82, 2.24) is 34.7 Å². The maximum Gasteiger partial charge on any atom is 0.412 e. The first-order valence-electron chi connectivity index (χ1n) is 12.9. The average Bonchev–Trinajstić information content (AvgIpc) is 3.33. The lowest BCUT2D eigenvalue weighted by molar-refractivity contribution is 0.153. The highest BCUT2D eigenvalue weighted by Gasteiger charge is 2.28. The largest absolute Gasteiger partial charge is 0.412 e. The number of pyridine rings is 1. The minimum atomic E-state index is -0.529. The van der Waals surface area contributed by atoms with Gasteiger partial charge in [0, 0.05) is 39.1 Å². The summed E-state index contributed by atoms with van der Waals surface area (Å²) >= 11 is 0. The third-order valence-electron chi connectivity index (χ3n) is 7.06. The Kier molecular flexibility index (Phi) is 7.74. The number of ether oxygens (including phenoxy) is 1. The zero-order valence-corrected chi connectivity index (χ0v) is 22.1. The van der Waals surface area contributed by atoms with Crippen LogP contribution in [0.3, 0.4) is 0 Å². The molecule has 0 radical (unpaired) electrons. The Morgan fingerprint density at radius 3 is 2.71 bits per heavy atom. The molecule has 3 heterocycles. The quantitative estimate of drug-likeness (QED) is 0.369. The molecule has 4 aromatic rings. The molecule has 1 atom stereocenters. The SMILES string of the molecule is Cc1ncnc(C)c1OC(=O)NCc1cccc(CN(Cc2cncn2C)C2CCCc3cccnc32)c1. The molecule has 196 valence electrons. The van der Waals surface area contributed by atoms with E-state index in [0.717, 1.165) is 43.6 Å². The highest BCUT2D eigenvalue weighted by atomic mass is 16.6. The van der Waals surface area contributed by atoms with Gasteiger partial charge in [-0.1, -0.05) is 30.3 Å². The Morgan fingerprint density at radius 1 is 1.11 bits per heavy atom. The number of imidazole rings is 1. The molecular weight excluding hydrogens is 478 g/mol. The molecule has 9 heteroatoms. The van der Waals surface area contributed by atoms with Gasteiger partial charge in [-0.3, -0.25) is 9.88 Å². The number of hydrogen-bond acceptors (Lipinski definition) is 7. The molecule has 1 aliphatic rings. The van der Waals surface area contributed by atoms with Crippen LogP contribution in [-0.2, 0) is 33.1 Å². The van der Waals surface area contributed by atoms with Crippen LogP contribution in [-0.4, -0.2) is 35.5 Å². The minimum Gasteiger partial charge on any atom is -0.406 e. The summed E-state index contributed by atoms with van der Waals surface area (Å²) in [4.78, 5) is 32.3. The fraction of sp³-hybridized carbons (Fsp3) is 0.345. The van der Waals surface area contributed by atoms with Crippen LogP contribution < -0.4 is 10.1 Å². The molecule has 5 rings (SSSR count). The topological polar surface area (TPSA) is 98.1 Å². The van der Waals surface area contributed by atoms with Gasteiger partial charge >= 0.3 is 6.09 Å². The van der Waals surface area contributed by atoms with E-state index in [1.165, 1.54) is 23.1 Å². The van der Waals surface area contributed by atoms with Gasteiger partial charge in [-0.25, -0.2) is 19.7 Å². The van der Waals surface area contributed by atoms with Gasteiger partial charge in [0.25, 0.3) is 0 Å². The smallest absolute Gasteiger partial charge is 0.406 e. The Bertz CT molecular complexity index is 1400. The van der Waals surface area contributed by atoms with E-state index in [4.69, 9.17) is 9.72 Å². The van der Waals surface area contributed by atoms with Crippen molar-refractivity contribution in [2.24, 2.45) is 7.05 Å². The van der Waals surface area contributed by atoms with E-state index >= 15 is 0 Å². The standard InChI is InChI=1S/C29H33N7O2/c1-20-28(21(2)34-18-33-20)38-29(37)32-14-22-7-4-8-23(13-22)16-36(17-25-15-30-19-35(25)3)26-11-5-9-24-10-6-12-31-27(24)26/h4,6-8,10,12-13,15,18-19,26H,5,9,11,14,16-17H2,1-3H3,(H,32,37). The van der Waals surface area contributed by atoms with Gasteiger partial charge in [-0.15, -0.1) is 0 Å². The van der Waals surface area contributed by atoms with Crippen LogP contribution in [0.1, 0.15) is 58.3 Å². The lowest BCUT2D eigenvalue weighted by atomic mass is 9.90. The zero-order chi connectivity index (χ0) is 26.5. The number of aryl methyl sites for hydroxylation is 4. The molecule has 9 nitrogen and oxygen atoms in total. The van der Waals surface area contributed by atoms with Crippen LogP contribution >= 0.6 is 0 Å². The van der Waals surface area contributed by atoms with E-state index in [9.17, 15) is 4.79 Å². The monoisotopic (exact) mass is 511 g/mol. The lowest BCUT2D eigenvalue weighted by Crippen LogP contribution is -2.32. The Labute approximate surface area is 222 Å². The number of aromatic nitrogens is 5. The second-order valence-corrected chi connectivity index (χ2v) is 9.79. The van der Waals surface area contributed by atoms with Crippen LogP contribution in [0, 0.1) is 13.8 Å². The van der Waals surface area contributed by atoms with E-state index in [0.29, 0.717) is 23.7 Å². The van der Waals surface area contributed by atoms with Crippen LogP contribution in [0.4, 0.5) is 4.79 Å². The number of carbonyl (C=O) groups is 1. The van der Waals surface area contributed by atoms with E-state index in [1.807, 2.05) is 44.0 Å². The minimum absolute atomic E-state index is 0.228. The van der Waals surface area contributed by atoms with Crippen LogP contribution in [0.2, 0.25) is 0 Å². The number of carbonyl (C=O) groups excluding carboxylic acids is 1. The number of hydrogen-bond donors (Lipinski definition) is 1. The molecule has 0 fully saturated rings. The maximum absolute atomic E-state index is 12.5. The van der Waals surface area contributed by atoms with Crippen molar-refractivity contribution in [3.05, 3.63) is 101 Å². The number of nitrogens with one attached hydrogen (secondary N) is 1. The van der Waals surface area contributed by atoms with Crippen LogP contribution in [0.25, 0.3) is 0 Å². The normalized spacial score (nSPS) is 14.8. The zero-order valence-electron chi connectivity index (χ0n) is 22.1. The fourth-order valence-electron chi connectivity index (χ4n) is 5.07. The predicted octanol–water partition coefficient (Wildman–Crippen LogP) is 4.59. The van der Waals surface area contributed by atoms with Crippen molar-refractivity contribution in [3.8, 4) is 5.75 Å². The summed E-state index contributed by atoms with van der Waals surface area (Å²) < 4.78 is 7.55. The summed E-state index contributed by atoms with van der Waals surface area (Å²) in [7, 11) is 2.03. The lowest BCUT2D eigenvalue weighted by Gasteiger charge is -2.35. The molecular formula is C29H33N7O2. The van der Waals surface area contributed by atoms with E-state index < -0.39 is 6.09 Å². The highest BCUT2D eigenvalue weighted by Crippen LogP contribution is 2.34. The van der Waals surface area contributed by atoms with Crippen molar-refractivity contribution >= 4 is 6.09 Å². The van der Waals surface area contributed by atoms with Crippen LogP contribution in [0.5, 0.6) is 5.75 Å². The summed E-state index contributed by atoms with van der Waals surface area (Å²) in [6, 6.07) is 12.8. The Balaban J connectivity index is 1.31. The first-order valence-corrected chi connectivity index (χ1v) is 12.9. The van der Waals surface area contributed by atoms with Gasteiger partial charge < -0.3 is 14.6 Å². The number of nitrogens with zero attached hydrogens (tertiary/aromatic N) is 6. The van der Waals surface area contributed by atoms with Crippen molar-refractivity contribution in [3.63, 3.8) is 0 Å². The number of rotatable bonds is 8. The maximum atomic E-state index is 12.5. The van der Waals surface area contributed by atoms with E-state index in [1.54, 1.807) is 13.8 Å². The number of fused-ring (bicyclic) bond motifs is 1. The summed E-state index contributed by atoms with van der Waals surface area (Å²) in [6.45, 7) is 5.46. The van der Waals surface area contributed by atoms with Crippen molar-refractivity contribution in [2.45, 2.75) is 58.8 Å². The van der Waals surface area contributed by atoms with Crippen LogP contribution in [0.15, 0.2) is 61.4 Å². The molecule has 1 unspecified atom stereocenters. The first kappa shape index (κ1) is 25.5. The van der Waals surface area contributed by atoms with Gasteiger partial charge in [0.05, 0.1) is 35.1 Å². The van der Waals surface area contributed by atoms with Crippen molar-refractivity contribution in [1.29, 1.82) is 0 Å². The van der Waals surface area contributed by atoms with E-state index in [-0.39, 0.29) is 6.04 Å². The average molecular weight is 512 g/mol. The molecule has 38 heavy (non-hydrogen) atoms. The number of benzene rings is 1. The second kappa shape index (κ2) is 11.5. The summed E-state index contributed by atoms with van der Waals surface area (Å²) in [5, 5.41) is 2.85. The van der Waals surface area contributed by atoms with Gasteiger partial charge in [0.1, 0.15) is 6.33 Å². The van der Waals surface area contributed by atoms with Gasteiger partial charge in [0.2, 0.25) is 0 Å². The van der Waals surface area contributed by atoms with Gasteiger partial charge in [0.15, 0.2) is 5.75 Å². The van der Waals surface area contributed by atoms with Crippen molar-refractivity contribution in [2.75, 3.05) is 0 Å². The molecule has 1 aliphatic carbocycles. The molecule has 1 N–H and O–H groups in total. The number of amides is 1. The molecule has 0 spiro atoms. The Hall–Kier alpha value is -4.11. The fourth-order valence-corrected chi connectivity index (χ4v) is 5.07. The second-order valence-electron chi connectivity index (χ2n) is 9.79. The first-order chi connectivity index (χ1) is 18.5. The van der Waals surface area contributed by atoms with Gasteiger partial charge in [-0.05, 0) is 55.9 Å². The summed E-state index contributed by atoms with van der Waals surface area (Å²) in [5.41, 5.74) is 7.10. The third kappa shape index (κ3) is 5.89. The molecule has 1 amide bonds. The Morgan fingerprint density at radius 2 is 1.92 bits per heavy atom. The molecule has 3 aromatic heterocycles. The molecule has 0 aliphatic heterocycles. The highest BCUT2D eigenvalue weighted by molar-refractivity contribution is 5.70. The third-order valence-corrected chi connectivity index (χ3v) is 7.06. The van der Waals surface area contributed by atoms with Gasteiger partial charge in [-0.2, -0.15) is 0 Å². The summed E-state index contributed by atoms with van der Waals surface area (Å²) in [5.74, 6) is 0.394. The molecule has 0 saturated heterocycles. The van der Waals surface area contributed by atoms with E-state index in [2.05, 4.69) is 47.9 Å². The molecule has 0 bridgehead atoms. The van der Waals surface area contributed by atoms with Crippen molar-refractivity contribution < 1.29 is 9.53 Å². The molecule has 1 aromatic carbocycles. The molecule has 0 saturated carbocycles.